The summed E-state index contributed by atoms with van der Waals surface area (Å²) in [6.07, 6.45) is 0. The minimum atomic E-state index is -0.569. The van der Waals surface area contributed by atoms with Crippen molar-refractivity contribution < 1.29 is 19.1 Å². The van der Waals surface area contributed by atoms with Crippen LogP contribution >= 0.6 is 75.9 Å². The van der Waals surface area contributed by atoms with E-state index < -0.39 is 5.97 Å². The summed E-state index contributed by atoms with van der Waals surface area (Å²) in [6, 6.07) is 8.14. The number of nitrogens with zero attached hydrogens (tertiary/aromatic N) is 1. The standard InChI is InChI=1S/C22H9Br4NO5S/c1-31-22(30)9-3-2-8(27-7-33)4-10(9)15-11-5-13(23)18(28)16(25)20(11)32-21-12(15)6-14(24)19(29)17(21)26/h2-6,28H,1H3. The molecule has 1 heterocycles. The molecule has 0 radical (unpaired) electrons. The molecule has 2 aromatic rings. The molecule has 4 rings (SSSR count). The van der Waals surface area contributed by atoms with Crippen molar-refractivity contribution in [3.05, 3.63) is 64.0 Å². The number of methoxy groups -OCH3 is 1. The number of halogens is 4. The van der Waals surface area contributed by atoms with Crippen molar-refractivity contribution in [2.24, 2.45) is 4.99 Å². The number of hydrogen-bond donors (Lipinski definition) is 1. The topological polar surface area (TPSA) is 89.1 Å². The molecule has 11 heteroatoms. The van der Waals surface area contributed by atoms with E-state index in [-0.39, 0.29) is 37.0 Å². The number of phenolic OH excluding ortho intramolecular Hbond substituents is 1. The zero-order valence-electron chi connectivity index (χ0n) is 16.3. The Kier molecular flexibility index (Phi) is 6.91. The second-order valence-electron chi connectivity index (χ2n) is 6.68. The van der Waals surface area contributed by atoms with Gasteiger partial charge in [-0.05, 0) is 112 Å². The molecule has 0 atom stereocenters. The Balaban J connectivity index is 2.33. The van der Waals surface area contributed by atoms with Crippen molar-refractivity contribution in [2.45, 2.75) is 0 Å². The van der Waals surface area contributed by atoms with Crippen LogP contribution in [-0.4, -0.2) is 23.3 Å². The van der Waals surface area contributed by atoms with Gasteiger partial charge in [0.15, 0.2) is 11.3 Å². The first-order valence-electron chi connectivity index (χ1n) is 8.95. The molecule has 0 amide bonds. The minimum Gasteiger partial charge on any atom is -0.505 e. The molecule has 0 saturated carbocycles. The summed E-state index contributed by atoms with van der Waals surface area (Å²) in [6.45, 7) is 0. The number of phenols is 1. The lowest BCUT2D eigenvalue weighted by Crippen LogP contribution is -2.08. The molecular weight excluding hydrogens is 710 g/mol. The van der Waals surface area contributed by atoms with Crippen molar-refractivity contribution in [1.29, 1.82) is 0 Å². The van der Waals surface area contributed by atoms with Gasteiger partial charge in [0.2, 0.25) is 5.43 Å². The quantitative estimate of drug-likeness (QED) is 0.101. The molecule has 6 nitrogen and oxygen atoms in total. The third-order valence-electron chi connectivity index (χ3n) is 4.88. The lowest BCUT2D eigenvalue weighted by molar-refractivity contribution is 0.0601. The third-order valence-corrected chi connectivity index (χ3v) is 7.62. The minimum absolute atomic E-state index is 0.0839. The molecule has 1 aliphatic carbocycles. The van der Waals surface area contributed by atoms with Crippen molar-refractivity contribution in [1.82, 2.24) is 0 Å². The van der Waals surface area contributed by atoms with Crippen molar-refractivity contribution in [2.75, 3.05) is 7.11 Å². The molecule has 1 aliphatic heterocycles. The monoisotopic (exact) mass is 715 g/mol. The Bertz CT molecular complexity index is 1560. The average Bonchev–Trinajstić information content (AvgIpc) is 2.80. The van der Waals surface area contributed by atoms with Gasteiger partial charge < -0.3 is 14.3 Å². The largest absolute Gasteiger partial charge is 0.505 e. The number of benzene rings is 3. The van der Waals surface area contributed by atoms with E-state index in [2.05, 4.69) is 73.9 Å². The molecule has 0 spiro atoms. The summed E-state index contributed by atoms with van der Waals surface area (Å²) in [5, 5.41) is 13.3. The number of aromatic hydroxyl groups is 1. The van der Waals surface area contributed by atoms with E-state index in [0.717, 1.165) is 0 Å². The predicted molar refractivity (Wildman–Crippen MR) is 143 cm³/mol. The van der Waals surface area contributed by atoms with Gasteiger partial charge in [-0.15, -0.1) is 0 Å². The number of fused-ring (bicyclic) bond motifs is 2. The third kappa shape index (κ3) is 4.11. The van der Waals surface area contributed by atoms with Gasteiger partial charge in [0.1, 0.15) is 14.7 Å². The van der Waals surface area contributed by atoms with Crippen LogP contribution in [0.5, 0.6) is 5.75 Å². The first kappa shape index (κ1) is 24.3. The van der Waals surface area contributed by atoms with Crippen molar-refractivity contribution in [3.8, 4) is 28.2 Å². The number of esters is 1. The van der Waals surface area contributed by atoms with Crippen molar-refractivity contribution in [3.63, 3.8) is 0 Å². The van der Waals surface area contributed by atoms with E-state index in [1.165, 1.54) is 7.11 Å². The van der Waals surface area contributed by atoms with Crippen LogP contribution in [0.2, 0.25) is 0 Å². The maximum atomic E-state index is 12.7. The van der Waals surface area contributed by atoms with Gasteiger partial charge in [-0.1, -0.05) is 0 Å². The van der Waals surface area contributed by atoms with Crippen molar-refractivity contribution >= 4 is 104 Å². The molecule has 0 saturated heterocycles. The highest BCUT2D eigenvalue weighted by atomic mass is 79.9. The van der Waals surface area contributed by atoms with Crippen LogP contribution in [-0.2, 0) is 4.74 Å². The number of aliphatic imine (C=N–C) groups is 1. The van der Waals surface area contributed by atoms with Crippen LogP contribution in [0.1, 0.15) is 10.4 Å². The van der Waals surface area contributed by atoms with Gasteiger partial charge in [0.25, 0.3) is 0 Å². The summed E-state index contributed by atoms with van der Waals surface area (Å²) in [5.74, 6) is -0.424. The van der Waals surface area contributed by atoms with E-state index in [4.69, 9.17) is 21.4 Å². The highest BCUT2D eigenvalue weighted by Crippen LogP contribution is 2.49. The summed E-state index contributed by atoms with van der Waals surface area (Å²) >= 11 is 18.1. The highest BCUT2D eigenvalue weighted by Gasteiger charge is 2.28. The van der Waals surface area contributed by atoms with E-state index in [9.17, 15) is 14.7 Å². The zero-order chi connectivity index (χ0) is 24.0. The molecule has 1 N–H and O–H groups in total. The van der Waals surface area contributed by atoms with Gasteiger partial charge in [-0.2, -0.15) is 4.99 Å². The second kappa shape index (κ2) is 9.40. The number of thiocarbonyl (C=S) groups is 1. The van der Waals surface area contributed by atoms with E-state index >= 15 is 0 Å². The molecule has 33 heavy (non-hydrogen) atoms. The summed E-state index contributed by atoms with van der Waals surface area (Å²) in [7, 11) is 1.29. The number of ether oxygens (including phenoxy) is 1. The van der Waals surface area contributed by atoms with Crippen LogP contribution in [0.4, 0.5) is 5.69 Å². The maximum Gasteiger partial charge on any atom is 0.338 e. The van der Waals surface area contributed by atoms with Gasteiger partial charge in [-0.3, -0.25) is 4.79 Å². The summed E-state index contributed by atoms with van der Waals surface area (Å²) < 4.78 is 12.2. The fourth-order valence-corrected chi connectivity index (χ4v) is 5.94. The fourth-order valence-electron chi connectivity index (χ4n) is 3.43. The molecule has 0 fully saturated rings. The lowest BCUT2D eigenvalue weighted by atomic mass is 9.90. The Hall–Kier alpha value is -1.88. The highest BCUT2D eigenvalue weighted by molar-refractivity contribution is 9.11. The van der Waals surface area contributed by atoms with E-state index in [1.807, 2.05) is 0 Å². The molecule has 2 aromatic carbocycles. The molecule has 0 bridgehead atoms. The van der Waals surface area contributed by atoms with Crippen LogP contribution in [0, 0.1) is 0 Å². The smallest absolute Gasteiger partial charge is 0.338 e. The summed E-state index contributed by atoms with van der Waals surface area (Å²) in [5.41, 5.74) is 2.20. The van der Waals surface area contributed by atoms with Gasteiger partial charge in [0.05, 0.1) is 32.5 Å². The molecule has 0 unspecified atom stereocenters. The number of carbonyl (C=O) groups is 1. The Morgan fingerprint density at radius 3 is 2.48 bits per heavy atom. The maximum absolute atomic E-state index is 12.7. The predicted octanol–water partition coefficient (Wildman–Crippen LogP) is 7.84. The Labute approximate surface area is 225 Å². The van der Waals surface area contributed by atoms with Crippen LogP contribution < -0.4 is 5.43 Å². The molecular formula is C22H9Br4NO5S. The van der Waals surface area contributed by atoms with Gasteiger partial charge in [0, 0.05) is 16.5 Å². The van der Waals surface area contributed by atoms with E-state index in [0.29, 0.717) is 36.7 Å². The Morgan fingerprint density at radius 1 is 1.09 bits per heavy atom. The van der Waals surface area contributed by atoms with Crippen LogP contribution in [0.3, 0.4) is 0 Å². The molecule has 0 aromatic heterocycles. The van der Waals surface area contributed by atoms with Crippen LogP contribution in [0.15, 0.2) is 62.4 Å². The second-order valence-corrected chi connectivity index (χ2v) is 10.2. The normalized spacial score (nSPS) is 10.9. The molecule has 166 valence electrons. The number of isothiocyanates is 1. The summed E-state index contributed by atoms with van der Waals surface area (Å²) in [4.78, 5) is 29.3. The van der Waals surface area contributed by atoms with Gasteiger partial charge in [-0.25, -0.2) is 4.79 Å². The molecule has 2 aliphatic rings. The zero-order valence-corrected chi connectivity index (χ0v) is 23.5. The number of rotatable bonds is 3. The first-order chi connectivity index (χ1) is 15.7. The van der Waals surface area contributed by atoms with Gasteiger partial charge >= 0.3 is 5.97 Å². The lowest BCUT2D eigenvalue weighted by Gasteiger charge is -2.20. The van der Waals surface area contributed by atoms with E-state index in [1.54, 1.807) is 30.3 Å². The first-order valence-corrected chi connectivity index (χ1v) is 12.5. The number of carbonyl (C=O) groups excluding carboxylic acids is 1. The SMILES string of the molecule is COC(=O)c1ccc(N=C=S)cc1-c1c2cc(Br)c(=O)c(Br)c-2oc2c(Br)c(O)c(Br)cc12. The fraction of sp³-hybridized carbons (Fsp3) is 0.0455. The average molecular weight is 719 g/mol. The number of hydrogen-bond acceptors (Lipinski definition) is 7. The Morgan fingerprint density at radius 2 is 1.82 bits per heavy atom. The van der Waals surface area contributed by atoms with Crippen LogP contribution in [0.25, 0.3) is 33.4 Å².